The third kappa shape index (κ3) is 4.31. The number of nitrogens with zero attached hydrogens (tertiary/aromatic N) is 4. The number of hydrogen-bond acceptors (Lipinski definition) is 7. The second-order valence-electron chi connectivity index (χ2n) is 6.73. The number of thioether (sulfide) groups is 1. The van der Waals surface area contributed by atoms with Crippen molar-refractivity contribution in [3.63, 3.8) is 0 Å². The first kappa shape index (κ1) is 21.2. The van der Waals surface area contributed by atoms with Gasteiger partial charge in [-0.2, -0.15) is 0 Å². The Balaban J connectivity index is 1.45. The Labute approximate surface area is 202 Å². The Morgan fingerprint density at radius 2 is 1.84 bits per heavy atom. The molecule has 3 heterocycles. The van der Waals surface area contributed by atoms with Crippen LogP contribution in [0.15, 0.2) is 76.6 Å². The molecule has 0 N–H and O–H groups in total. The number of ether oxygens (including phenoxy) is 1. The molecule has 32 heavy (non-hydrogen) atoms. The van der Waals surface area contributed by atoms with Gasteiger partial charge in [-0.15, -0.1) is 32.9 Å². The van der Waals surface area contributed by atoms with Crippen LogP contribution in [0.4, 0.5) is 0 Å². The van der Waals surface area contributed by atoms with Crippen LogP contribution in [0.3, 0.4) is 0 Å². The van der Waals surface area contributed by atoms with E-state index in [1.165, 1.54) is 0 Å². The molecule has 0 fully saturated rings. The molecule has 160 valence electrons. The van der Waals surface area contributed by atoms with Crippen molar-refractivity contribution in [3.8, 4) is 32.7 Å². The van der Waals surface area contributed by atoms with Crippen molar-refractivity contribution in [2.75, 3.05) is 7.11 Å². The molecule has 0 amide bonds. The van der Waals surface area contributed by atoms with Crippen molar-refractivity contribution in [3.05, 3.63) is 82.1 Å². The zero-order chi connectivity index (χ0) is 21.9. The van der Waals surface area contributed by atoms with Crippen molar-refractivity contribution in [2.45, 2.75) is 10.9 Å². The molecular formula is C23H17ClN4OS3. The molecule has 9 heteroatoms. The average molecular weight is 497 g/mol. The van der Waals surface area contributed by atoms with E-state index < -0.39 is 0 Å². The van der Waals surface area contributed by atoms with Crippen LogP contribution >= 0.6 is 46.0 Å². The van der Waals surface area contributed by atoms with Crippen LogP contribution in [0.5, 0.6) is 5.75 Å². The van der Waals surface area contributed by atoms with Crippen molar-refractivity contribution in [1.29, 1.82) is 0 Å². The Morgan fingerprint density at radius 1 is 1.00 bits per heavy atom. The van der Waals surface area contributed by atoms with E-state index in [1.807, 2.05) is 66.0 Å². The standard InChI is InChI=1S/C23H17ClN4OS3/c1-29-19-6-3-2-5-18(19)28-21(20-7-4-12-30-20)26-27-23(28)32-14-17-13-31-22(25-17)15-8-10-16(24)11-9-15/h2-13H,14H2,1H3. The van der Waals surface area contributed by atoms with Gasteiger partial charge in [-0.1, -0.05) is 53.7 Å². The minimum atomic E-state index is 0.682. The molecule has 5 nitrogen and oxygen atoms in total. The number of halogens is 1. The highest BCUT2D eigenvalue weighted by Crippen LogP contribution is 2.35. The SMILES string of the molecule is COc1ccccc1-n1c(SCc2csc(-c3ccc(Cl)cc3)n2)nnc1-c1cccs1. The third-order valence-electron chi connectivity index (χ3n) is 4.69. The molecule has 0 saturated heterocycles. The van der Waals surface area contributed by atoms with E-state index in [0.717, 1.165) is 48.6 Å². The van der Waals surface area contributed by atoms with Gasteiger partial charge in [0.15, 0.2) is 11.0 Å². The Morgan fingerprint density at radius 3 is 2.62 bits per heavy atom. The van der Waals surface area contributed by atoms with Crippen molar-refractivity contribution < 1.29 is 4.74 Å². The van der Waals surface area contributed by atoms with E-state index in [0.29, 0.717) is 5.75 Å². The summed E-state index contributed by atoms with van der Waals surface area (Å²) >= 11 is 10.9. The fourth-order valence-electron chi connectivity index (χ4n) is 3.20. The van der Waals surface area contributed by atoms with E-state index in [1.54, 1.807) is 41.5 Å². The van der Waals surface area contributed by atoms with Gasteiger partial charge in [-0.05, 0) is 35.7 Å². The van der Waals surface area contributed by atoms with E-state index in [4.69, 9.17) is 21.3 Å². The number of aromatic nitrogens is 4. The van der Waals surface area contributed by atoms with E-state index >= 15 is 0 Å². The molecule has 0 bridgehead atoms. The minimum Gasteiger partial charge on any atom is -0.495 e. The van der Waals surface area contributed by atoms with E-state index in [-0.39, 0.29) is 0 Å². The predicted octanol–water partition coefficient (Wildman–Crippen LogP) is 7.07. The first-order chi connectivity index (χ1) is 15.7. The van der Waals surface area contributed by atoms with Crippen LogP contribution < -0.4 is 4.74 Å². The maximum absolute atomic E-state index is 6.00. The molecule has 2 aromatic carbocycles. The molecule has 0 spiro atoms. The smallest absolute Gasteiger partial charge is 0.196 e. The summed E-state index contributed by atoms with van der Waals surface area (Å²) in [6, 6.07) is 19.7. The maximum atomic E-state index is 6.00. The molecule has 0 aliphatic rings. The largest absolute Gasteiger partial charge is 0.495 e. The van der Waals surface area contributed by atoms with E-state index in [2.05, 4.69) is 20.1 Å². The van der Waals surface area contributed by atoms with Gasteiger partial charge in [0.2, 0.25) is 0 Å². The lowest BCUT2D eigenvalue weighted by molar-refractivity contribution is 0.412. The number of methoxy groups -OCH3 is 1. The fraction of sp³-hybridized carbons (Fsp3) is 0.0870. The highest BCUT2D eigenvalue weighted by Gasteiger charge is 2.20. The second kappa shape index (κ2) is 9.46. The molecule has 0 saturated carbocycles. The Bertz CT molecular complexity index is 1330. The summed E-state index contributed by atoms with van der Waals surface area (Å²) < 4.78 is 7.67. The van der Waals surface area contributed by atoms with Gasteiger partial charge in [0.1, 0.15) is 10.8 Å². The summed E-state index contributed by atoms with van der Waals surface area (Å²) in [7, 11) is 1.67. The zero-order valence-electron chi connectivity index (χ0n) is 16.9. The zero-order valence-corrected chi connectivity index (χ0v) is 20.1. The van der Waals surface area contributed by atoms with Crippen LogP contribution in [0.1, 0.15) is 5.69 Å². The summed E-state index contributed by atoms with van der Waals surface area (Å²) in [5.41, 5.74) is 2.97. The van der Waals surface area contributed by atoms with Crippen LogP contribution in [0.25, 0.3) is 27.0 Å². The number of thiazole rings is 1. The monoisotopic (exact) mass is 496 g/mol. The molecule has 3 aromatic heterocycles. The van der Waals surface area contributed by atoms with Gasteiger partial charge in [0.05, 0.1) is 23.4 Å². The molecule has 0 aliphatic carbocycles. The Kier molecular flexibility index (Phi) is 6.27. The molecule has 5 aromatic rings. The van der Waals surface area contributed by atoms with Gasteiger partial charge < -0.3 is 4.74 Å². The minimum absolute atomic E-state index is 0.682. The number of hydrogen-bond donors (Lipinski definition) is 0. The first-order valence-corrected chi connectivity index (χ1v) is 12.8. The average Bonchev–Trinajstić information content (AvgIpc) is 3.58. The summed E-state index contributed by atoms with van der Waals surface area (Å²) in [5, 5.41) is 15.6. The molecule has 0 aliphatic heterocycles. The maximum Gasteiger partial charge on any atom is 0.196 e. The Hall–Kier alpha value is -2.65. The quantitative estimate of drug-likeness (QED) is 0.225. The summed E-state index contributed by atoms with van der Waals surface area (Å²) in [4.78, 5) is 5.84. The van der Waals surface area contributed by atoms with Gasteiger partial charge in [-0.25, -0.2) is 4.98 Å². The molecule has 5 rings (SSSR count). The van der Waals surface area contributed by atoms with Gasteiger partial charge in [0, 0.05) is 21.7 Å². The number of para-hydroxylation sites is 2. The summed E-state index contributed by atoms with van der Waals surface area (Å²) in [6.07, 6.45) is 0. The van der Waals surface area contributed by atoms with Gasteiger partial charge in [0.25, 0.3) is 0 Å². The lowest BCUT2D eigenvalue weighted by Crippen LogP contribution is -2.01. The summed E-state index contributed by atoms with van der Waals surface area (Å²) in [5.74, 6) is 2.25. The first-order valence-electron chi connectivity index (χ1n) is 9.69. The van der Waals surface area contributed by atoms with Gasteiger partial charge in [-0.3, -0.25) is 4.57 Å². The number of thiophene rings is 1. The second-order valence-corrected chi connectivity index (χ2v) is 9.92. The molecular weight excluding hydrogens is 480 g/mol. The van der Waals surface area contributed by atoms with Crippen molar-refractivity contribution in [2.24, 2.45) is 0 Å². The van der Waals surface area contributed by atoms with Crippen molar-refractivity contribution in [1.82, 2.24) is 19.7 Å². The number of benzene rings is 2. The van der Waals surface area contributed by atoms with Crippen molar-refractivity contribution >= 4 is 46.0 Å². The highest BCUT2D eigenvalue weighted by molar-refractivity contribution is 7.98. The third-order valence-corrected chi connectivity index (χ3v) is 7.71. The lowest BCUT2D eigenvalue weighted by atomic mass is 10.2. The summed E-state index contributed by atoms with van der Waals surface area (Å²) in [6.45, 7) is 0. The lowest BCUT2D eigenvalue weighted by Gasteiger charge is -2.13. The molecule has 0 radical (unpaired) electrons. The number of rotatable bonds is 7. The molecule has 0 unspecified atom stereocenters. The van der Waals surface area contributed by atoms with Crippen LogP contribution in [0.2, 0.25) is 5.02 Å². The van der Waals surface area contributed by atoms with Crippen LogP contribution in [-0.4, -0.2) is 26.9 Å². The van der Waals surface area contributed by atoms with E-state index in [9.17, 15) is 0 Å². The fourth-order valence-corrected chi connectivity index (χ4v) is 5.79. The normalized spacial score (nSPS) is 11.1. The van der Waals surface area contributed by atoms with Gasteiger partial charge >= 0.3 is 0 Å². The molecule has 0 atom stereocenters. The van der Waals surface area contributed by atoms with Crippen LogP contribution in [0, 0.1) is 0 Å². The predicted molar refractivity (Wildman–Crippen MR) is 133 cm³/mol. The van der Waals surface area contributed by atoms with Crippen LogP contribution in [-0.2, 0) is 5.75 Å². The topological polar surface area (TPSA) is 52.8 Å². The highest BCUT2D eigenvalue weighted by atomic mass is 35.5.